The van der Waals surface area contributed by atoms with E-state index < -0.39 is 0 Å². The summed E-state index contributed by atoms with van der Waals surface area (Å²) in [5.41, 5.74) is 3.61. The van der Waals surface area contributed by atoms with Crippen LogP contribution in [0.1, 0.15) is 22.8 Å². The summed E-state index contributed by atoms with van der Waals surface area (Å²) >= 11 is 1.41. The Labute approximate surface area is 193 Å². The largest absolute Gasteiger partial charge is 0.482 e. The fourth-order valence-corrected chi connectivity index (χ4v) is 4.90. The van der Waals surface area contributed by atoms with Crippen LogP contribution in [0, 0.1) is 6.92 Å². The van der Waals surface area contributed by atoms with Gasteiger partial charge >= 0.3 is 0 Å². The Morgan fingerprint density at radius 1 is 1.15 bits per heavy atom. The van der Waals surface area contributed by atoms with Crippen LogP contribution < -0.4 is 15.2 Å². The summed E-state index contributed by atoms with van der Waals surface area (Å²) in [6.45, 7) is 4.20. The summed E-state index contributed by atoms with van der Waals surface area (Å²) < 4.78 is 6.82. The summed E-state index contributed by atoms with van der Waals surface area (Å²) in [4.78, 5) is 45.1. The second kappa shape index (κ2) is 8.29. The second-order valence-electron chi connectivity index (χ2n) is 7.91. The first kappa shape index (κ1) is 21.1. The van der Waals surface area contributed by atoms with Crippen LogP contribution in [0.2, 0.25) is 0 Å². The maximum atomic E-state index is 13.3. The molecule has 4 aromatic rings. The molecule has 8 heteroatoms. The van der Waals surface area contributed by atoms with E-state index in [1.807, 2.05) is 43.5 Å². The minimum Gasteiger partial charge on any atom is -0.482 e. The molecule has 0 unspecified atom stereocenters. The molecule has 0 saturated heterocycles. The summed E-state index contributed by atoms with van der Waals surface area (Å²) in [6.07, 6.45) is 1.42. The molecule has 2 aromatic heterocycles. The van der Waals surface area contributed by atoms with E-state index in [0.717, 1.165) is 16.7 Å². The number of hydrogen-bond acceptors (Lipinski definition) is 6. The van der Waals surface area contributed by atoms with Gasteiger partial charge in [0.1, 0.15) is 10.6 Å². The molecule has 0 bridgehead atoms. The number of fused-ring (bicyclic) bond motifs is 2. The third-order valence-corrected chi connectivity index (χ3v) is 6.66. The van der Waals surface area contributed by atoms with E-state index >= 15 is 0 Å². The lowest BCUT2D eigenvalue weighted by Crippen LogP contribution is -2.38. The van der Waals surface area contributed by atoms with Crippen LogP contribution in [0.3, 0.4) is 0 Å². The van der Waals surface area contributed by atoms with Crippen LogP contribution in [0.25, 0.3) is 21.3 Å². The standard InChI is InChI=1S/C25H21N3O4S/c1-3-28-19-10-17(8-9-21(19)32-12-22(28)30)20(29)11-27-14-26-24-23(25(27)31)18(13-33-24)16-6-4-15(2)5-7-16/h4-10,13-14H,3,11-12H2,1-2H3. The van der Waals surface area contributed by atoms with Crippen LogP contribution in [-0.2, 0) is 11.3 Å². The van der Waals surface area contributed by atoms with Gasteiger partial charge in [-0.15, -0.1) is 11.3 Å². The molecule has 0 spiro atoms. The SMILES string of the molecule is CCN1C(=O)COc2ccc(C(=O)Cn3cnc4scc(-c5ccc(C)cc5)c4c3=O)cc21. The number of ether oxygens (including phenoxy) is 1. The van der Waals surface area contributed by atoms with E-state index in [-0.39, 0.29) is 30.4 Å². The minimum absolute atomic E-state index is 0.0147. The van der Waals surface area contributed by atoms with Gasteiger partial charge in [0.15, 0.2) is 12.4 Å². The predicted molar refractivity (Wildman–Crippen MR) is 128 cm³/mol. The first-order valence-corrected chi connectivity index (χ1v) is 11.5. The van der Waals surface area contributed by atoms with Gasteiger partial charge in [0.25, 0.3) is 11.5 Å². The summed E-state index contributed by atoms with van der Waals surface area (Å²) in [7, 11) is 0. The Morgan fingerprint density at radius 2 is 1.94 bits per heavy atom. The van der Waals surface area contributed by atoms with Gasteiger partial charge < -0.3 is 9.64 Å². The highest BCUT2D eigenvalue weighted by Crippen LogP contribution is 2.33. The van der Waals surface area contributed by atoms with Crippen molar-refractivity contribution in [3.8, 4) is 16.9 Å². The topological polar surface area (TPSA) is 81.5 Å². The monoisotopic (exact) mass is 459 g/mol. The molecule has 1 aliphatic heterocycles. The number of benzene rings is 2. The number of nitrogens with zero attached hydrogens (tertiary/aromatic N) is 3. The predicted octanol–water partition coefficient (Wildman–Crippen LogP) is 4.06. The van der Waals surface area contributed by atoms with Gasteiger partial charge in [-0.25, -0.2) is 4.98 Å². The van der Waals surface area contributed by atoms with Crippen LogP contribution in [0.4, 0.5) is 5.69 Å². The molecular formula is C25H21N3O4S. The molecule has 0 saturated carbocycles. The average Bonchev–Trinajstić information content (AvgIpc) is 3.26. The van der Waals surface area contributed by atoms with Crippen molar-refractivity contribution in [3.63, 3.8) is 0 Å². The number of aromatic nitrogens is 2. The molecule has 1 aliphatic rings. The van der Waals surface area contributed by atoms with E-state index in [4.69, 9.17) is 4.74 Å². The Morgan fingerprint density at radius 3 is 2.70 bits per heavy atom. The number of amides is 1. The lowest BCUT2D eigenvalue weighted by atomic mass is 10.0. The van der Waals surface area contributed by atoms with Crippen molar-refractivity contribution < 1.29 is 14.3 Å². The summed E-state index contributed by atoms with van der Waals surface area (Å²) in [5, 5.41) is 2.44. The van der Waals surface area contributed by atoms with Crippen molar-refractivity contribution in [2.45, 2.75) is 20.4 Å². The van der Waals surface area contributed by atoms with Gasteiger partial charge in [0.2, 0.25) is 0 Å². The van der Waals surface area contributed by atoms with E-state index in [2.05, 4.69) is 4.98 Å². The number of carbonyl (C=O) groups is 2. The third kappa shape index (κ3) is 3.72. The number of thiophene rings is 1. The minimum atomic E-state index is -0.253. The Bertz CT molecular complexity index is 1450. The number of ketones is 1. The number of rotatable bonds is 5. The molecule has 0 atom stereocenters. The molecule has 1 amide bonds. The third-order valence-electron chi connectivity index (χ3n) is 5.78. The van der Waals surface area contributed by atoms with Gasteiger partial charge in [-0.2, -0.15) is 0 Å². The van der Waals surface area contributed by atoms with Gasteiger partial charge in [-0.05, 0) is 37.6 Å². The number of anilines is 1. The van der Waals surface area contributed by atoms with E-state index in [0.29, 0.717) is 33.8 Å². The van der Waals surface area contributed by atoms with E-state index in [1.165, 1.54) is 22.2 Å². The lowest BCUT2D eigenvalue weighted by Gasteiger charge is -2.28. The number of carbonyl (C=O) groups excluding carboxylic acids is 2. The average molecular weight is 460 g/mol. The zero-order chi connectivity index (χ0) is 23.1. The second-order valence-corrected chi connectivity index (χ2v) is 8.76. The van der Waals surface area contributed by atoms with Crippen LogP contribution >= 0.6 is 11.3 Å². The van der Waals surface area contributed by atoms with Gasteiger partial charge in [0.05, 0.1) is 23.9 Å². The zero-order valence-corrected chi connectivity index (χ0v) is 19.0. The first-order chi connectivity index (χ1) is 16.0. The molecule has 166 valence electrons. The van der Waals surface area contributed by atoms with Gasteiger partial charge in [-0.1, -0.05) is 29.8 Å². The molecule has 5 rings (SSSR count). The van der Waals surface area contributed by atoms with E-state index in [1.54, 1.807) is 23.1 Å². The Balaban J connectivity index is 1.49. The molecular weight excluding hydrogens is 438 g/mol. The summed E-state index contributed by atoms with van der Waals surface area (Å²) in [6, 6.07) is 13.0. The van der Waals surface area contributed by atoms with Gasteiger partial charge in [0, 0.05) is 23.1 Å². The van der Waals surface area contributed by atoms with Crippen molar-refractivity contribution >= 4 is 38.9 Å². The Kier molecular flexibility index (Phi) is 5.30. The van der Waals surface area contributed by atoms with Crippen LogP contribution in [0.15, 0.2) is 59.0 Å². The highest BCUT2D eigenvalue weighted by molar-refractivity contribution is 7.17. The van der Waals surface area contributed by atoms with Gasteiger partial charge in [-0.3, -0.25) is 19.0 Å². The molecule has 3 heterocycles. The van der Waals surface area contributed by atoms with Crippen molar-refractivity contribution in [2.24, 2.45) is 0 Å². The smallest absolute Gasteiger partial charge is 0.265 e. The molecule has 0 radical (unpaired) electrons. The van der Waals surface area contributed by atoms with Crippen molar-refractivity contribution in [3.05, 3.63) is 75.7 Å². The van der Waals surface area contributed by atoms with Crippen molar-refractivity contribution in [2.75, 3.05) is 18.1 Å². The van der Waals surface area contributed by atoms with Crippen molar-refractivity contribution in [1.82, 2.24) is 9.55 Å². The maximum absolute atomic E-state index is 13.3. The van der Waals surface area contributed by atoms with Crippen LogP contribution in [-0.4, -0.2) is 34.4 Å². The first-order valence-electron chi connectivity index (χ1n) is 10.6. The Hall–Kier alpha value is -3.78. The maximum Gasteiger partial charge on any atom is 0.265 e. The molecule has 0 N–H and O–H groups in total. The number of aryl methyl sites for hydroxylation is 1. The highest BCUT2D eigenvalue weighted by atomic mass is 32.1. The number of Topliss-reactive ketones (excluding diaryl/α,β-unsaturated/α-hetero) is 1. The molecule has 0 aliphatic carbocycles. The fraction of sp³-hybridized carbons (Fsp3) is 0.200. The van der Waals surface area contributed by atoms with Crippen LogP contribution in [0.5, 0.6) is 5.75 Å². The number of likely N-dealkylation sites (N-methyl/N-ethyl adjacent to an activating group) is 1. The summed E-state index contributed by atoms with van der Waals surface area (Å²) in [5.74, 6) is 0.165. The quantitative estimate of drug-likeness (QED) is 0.421. The normalized spacial score (nSPS) is 13.2. The molecule has 0 fully saturated rings. The fourth-order valence-electron chi connectivity index (χ4n) is 3.99. The van der Waals surface area contributed by atoms with Crippen molar-refractivity contribution in [1.29, 1.82) is 0 Å². The zero-order valence-electron chi connectivity index (χ0n) is 18.2. The number of hydrogen-bond donors (Lipinski definition) is 0. The lowest BCUT2D eigenvalue weighted by molar-refractivity contribution is -0.121. The van der Waals surface area contributed by atoms with E-state index in [9.17, 15) is 14.4 Å². The highest BCUT2D eigenvalue weighted by Gasteiger charge is 2.25. The molecule has 2 aromatic carbocycles. The molecule has 33 heavy (non-hydrogen) atoms. The molecule has 7 nitrogen and oxygen atoms in total.